The van der Waals surface area contributed by atoms with Crippen LogP contribution >= 0.6 is 0 Å². The lowest BCUT2D eigenvalue weighted by molar-refractivity contribution is 0.0951. The Balaban J connectivity index is 2.90. The van der Waals surface area contributed by atoms with Gasteiger partial charge in [0.25, 0.3) is 5.91 Å². The Morgan fingerprint density at radius 1 is 1.47 bits per heavy atom. The van der Waals surface area contributed by atoms with Crippen LogP contribution in [0.3, 0.4) is 0 Å². The molecule has 0 fully saturated rings. The molecule has 0 aliphatic rings. The molecule has 0 bridgehead atoms. The quantitative estimate of drug-likeness (QED) is 0.500. The van der Waals surface area contributed by atoms with Crippen molar-refractivity contribution in [2.75, 3.05) is 18.8 Å². The van der Waals surface area contributed by atoms with Gasteiger partial charge in [-0.15, -0.1) is 0 Å². The summed E-state index contributed by atoms with van der Waals surface area (Å²) >= 11 is 0. The average Bonchev–Trinajstić information content (AvgIpc) is 2.25. The average molecular weight is 209 g/mol. The first-order valence-electron chi connectivity index (χ1n) is 4.66. The molecule has 0 aromatic heterocycles. The molecule has 0 heterocycles. The monoisotopic (exact) mass is 209 g/mol. The minimum atomic E-state index is -0.267. The molecule has 5 heteroatoms. The number of carbonyl (C=O) groups excluding carboxylic acids is 1. The number of hydrogen-bond donors (Lipinski definition) is 4. The molecule has 0 aliphatic heterocycles. The molecule has 15 heavy (non-hydrogen) atoms. The van der Waals surface area contributed by atoms with E-state index in [2.05, 4.69) is 5.32 Å². The Labute approximate surface area is 88.1 Å². The van der Waals surface area contributed by atoms with Crippen LogP contribution < -0.4 is 16.8 Å². The van der Waals surface area contributed by atoms with Crippen molar-refractivity contribution in [3.63, 3.8) is 0 Å². The lowest BCUT2D eigenvalue weighted by Gasteiger charge is -2.08. The summed E-state index contributed by atoms with van der Waals surface area (Å²) < 4.78 is 0. The topological polar surface area (TPSA) is 101 Å². The van der Waals surface area contributed by atoms with Gasteiger partial charge < -0.3 is 21.9 Å². The molecule has 82 valence electrons. The van der Waals surface area contributed by atoms with Crippen molar-refractivity contribution in [2.45, 2.75) is 6.61 Å². The molecule has 0 radical (unpaired) electrons. The fourth-order valence-corrected chi connectivity index (χ4v) is 1.22. The smallest absolute Gasteiger partial charge is 0.251 e. The number of amides is 1. The summed E-state index contributed by atoms with van der Waals surface area (Å²) in [4.78, 5) is 11.6. The number of nitrogens with one attached hydrogen (secondary N) is 1. The number of anilines is 1. The van der Waals surface area contributed by atoms with Crippen LogP contribution in [0.5, 0.6) is 0 Å². The van der Waals surface area contributed by atoms with E-state index >= 15 is 0 Å². The summed E-state index contributed by atoms with van der Waals surface area (Å²) in [5.74, 6) is -0.267. The van der Waals surface area contributed by atoms with Crippen LogP contribution in [-0.2, 0) is 6.61 Å². The molecular weight excluding hydrogens is 194 g/mol. The number of aliphatic hydroxyl groups is 1. The number of nitrogens with two attached hydrogens (primary N) is 2. The minimum Gasteiger partial charge on any atom is -0.399 e. The standard InChI is InChI=1S/C10H15N3O2/c11-3-4-13-10(15)9-5-8(12)2-1-7(9)6-14/h1-2,5,14H,3-4,6,11-12H2,(H,13,15). The highest BCUT2D eigenvalue weighted by atomic mass is 16.3. The van der Waals surface area contributed by atoms with Gasteiger partial charge in [-0.2, -0.15) is 0 Å². The molecule has 6 N–H and O–H groups in total. The first-order valence-corrected chi connectivity index (χ1v) is 4.66. The third-order valence-electron chi connectivity index (χ3n) is 1.98. The summed E-state index contributed by atoms with van der Waals surface area (Å²) in [7, 11) is 0. The van der Waals surface area contributed by atoms with Gasteiger partial charge in [-0.05, 0) is 17.7 Å². The van der Waals surface area contributed by atoms with Gasteiger partial charge in [0.2, 0.25) is 0 Å². The fraction of sp³-hybridized carbons (Fsp3) is 0.300. The molecule has 0 unspecified atom stereocenters. The number of aliphatic hydroxyl groups excluding tert-OH is 1. The van der Waals surface area contributed by atoms with Crippen LogP contribution in [0.4, 0.5) is 5.69 Å². The van der Waals surface area contributed by atoms with Crippen LogP contribution in [0.2, 0.25) is 0 Å². The van der Waals surface area contributed by atoms with Crippen molar-refractivity contribution < 1.29 is 9.90 Å². The highest BCUT2D eigenvalue weighted by Gasteiger charge is 2.10. The second-order valence-corrected chi connectivity index (χ2v) is 3.12. The number of nitrogen functional groups attached to an aromatic ring is 1. The molecule has 1 aromatic carbocycles. The number of hydrogen-bond acceptors (Lipinski definition) is 4. The van der Waals surface area contributed by atoms with Crippen LogP contribution in [0.15, 0.2) is 18.2 Å². The SMILES string of the molecule is NCCNC(=O)c1cc(N)ccc1CO. The van der Waals surface area contributed by atoms with Gasteiger partial charge in [-0.3, -0.25) is 4.79 Å². The van der Waals surface area contributed by atoms with Crippen LogP contribution in [-0.4, -0.2) is 24.1 Å². The molecule has 0 spiro atoms. The zero-order valence-corrected chi connectivity index (χ0v) is 8.36. The summed E-state index contributed by atoms with van der Waals surface area (Å²) in [6.07, 6.45) is 0. The van der Waals surface area contributed by atoms with Crippen molar-refractivity contribution in [1.82, 2.24) is 5.32 Å². The Kier molecular flexibility index (Phi) is 4.08. The zero-order chi connectivity index (χ0) is 11.3. The molecule has 0 aliphatic carbocycles. The molecule has 1 amide bonds. The zero-order valence-electron chi connectivity index (χ0n) is 8.36. The van der Waals surface area contributed by atoms with Crippen molar-refractivity contribution in [1.29, 1.82) is 0 Å². The Hall–Kier alpha value is -1.59. The molecule has 5 nitrogen and oxygen atoms in total. The summed E-state index contributed by atoms with van der Waals surface area (Å²) in [6, 6.07) is 4.81. The molecule has 1 rings (SSSR count). The predicted octanol–water partition coefficient (Wildman–Crippen LogP) is -0.550. The van der Waals surface area contributed by atoms with E-state index in [-0.39, 0.29) is 12.5 Å². The Morgan fingerprint density at radius 2 is 2.20 bits per heavy atom. The maximum absolute atomic E-state index is 11.6. The van der Waals surface area contributed by atoms with Gasteiger partial charge in [0.05, 0.1) is 6.61 Å². The van der Waals surface area contributed by atoms with E-state index < -0.39 is 0 Å². The highest BCUT2D eigenvalue weighted by Crippen LogP contribution is 2.13. The van der Waals surface area contributed by atoms with Crippen molar-refractivity contribution >= 4 is 11.6 Å². The van der Waals surface area contributed by atoms with Crippen LogP contribution in [0.25, 0.3) is 0 Å². The van der Waals surface area contributed by atoms with E-state index in [1.165, 1.54) is 6.07 Å². The minimum absolute atomic E-state index is 0.189. The Bertz CT molecular complexity index is 353. The molecule has 1 aromatic rings. The third kappa shape index (κ3) is 2.93. The molecule has 0 atom stereocenters. The normalized spacial score (nSPS) is 10.0. The van der Waals surface area contributed by atoms with Crippen LogP contribution in [0, 0.1) is 0 Å². The van der Waals surface area contributed by atoms with E-state index in [1.54, 1.807) is 12.1 Å². The first kappa shape index (κ1) is 11.5. The molecular formula is C10H15N3O2. The third-order valence-corrected chi connectivity index (χ3v) is 1.98. The summed E-state index contributed by atoms with van der Waals surface area (Å²) in [5.41, 5.74) is 12.3. The predicted molar refractivity (Wildman–Crippen MR) is 58.2 cm³/mol. The first-order chi connectivity index (χ1) is 7.19. The van der Waals surface area contributed by atoms with E-state index in [0.717, 1.165) is 0 Å². The van der Waals surface area contributed by atoms with Crippen molar-refractivity contribution in [3.05, 3.63) is 29.3 Å². The number of carbonyl (C=O) groups is 1. The van der Waals surface area contributed by atoms with Gasteiger partial charge in [0, 0.05) is 24.3 Å². The maximum atomic E-state index is 11.6. The highest BCUT2D eigenvalue weighted by molar-refractivity contribution is 5.96. The van der Waals surface area contributed by atoms with E-state index in [0.29, 0.717) is 29.9 Å². The lowest BCUT2D eigenvalue weighted by atomic mass is 10.1. The van der Waals surface area contributed by atoms with E-state index in [9.17, 15) is 4.79 Å². The number of rotatable bonds is 4. The van der Waals surface area contributed by atoms with Crippen molar-refractivity contribution in [3.8, 4) is 0 Å². The fourth-order valence-electron chi connectivity index (χ4n) is 1.22. The lowest BCUT2D eigenvalue weighted by Crippen LogP contribution is -2.29. The maximum Gasteiger partial charge on any atom is 0.251 e. The van der Waals surface area contributed by atoms with E-state index in [1.807, 2.05) is 0 Å². The van der Waals surface area contributed by atoms with Gasteiger partial charge in [-0.1, -0.05) is 6.07 Å². The van der Waals surface area contributed by atoms with Gasteiger partial charge in [0.15, 0.2) is 0 Å². The second kappa shape index (κ2) is 5.33. The summed E-state index contributed by atoms with van der Waals surface area (Å²) in [6.45, 7) is 0.590. The second-order valence-electron chi connectivity index (χ2n) is 3.12. The van der Waals surface area contributed by atoms with Gasteiger partial charge >= 0.3 is 0 Å². The Morgan fingerprint density at radius 3 is 2.80 bits per heavy atom. The largest absolute Gasteiger partial charge is 0.399 e. The molecule has 0 saturated carbocycles. The van der Waals surface area contributed by atoms with E-state index in [4.69, 9.17) is 16.6 Å². The van der Waals surface area contributed by atoms with Gasteiger partial charge in [-0.25, -0.2) is 0 Å². The summed E-state index contributed by atoms with van der Waals surface area (Å²) in [5, 5.41) is 11.7. The number of benzene rings is 1. The van der Waals surface area contributed by atoms with Crippen molar-refractivity contribution in [2.24, 2.45) is 5.73 Å². The molecule has 0 saturated heterocycles. The van der Waals surface area contributed by atoms with Crippen LogP contribution in [0.1, 0.15) is 15.9 Å². The van der Waals surface area contributed by atoms with Gasteiger partial charge in [0.1, 0.15) is 0 Å².